The number of pyridine rings is 2. The molecular formula is C32H39N2O+. The summed E-state index contributed by atoms with van der Waals surface area (Å²) in [6.45, 7) is 11.5. The first-order valence-electron chi connectivity index (χ1n) is 14.3. The Morgan fingerprint density at radius 2 is 1.83 bits per heavy atom. The summed E-state index contributed by atoms with van der Waals surface area (Å²) in [7, 11) is 2.04. The number of aryl methyl sites for hydroxylation is 2. The standard InChI is InChI=1S/C32H39N2O/c1-20-11-12-23-27-28-24(31(2,3)14-15-32(28,4)5)19-33-30(27)35-29(23)26(20)25-18-22(13-16-34(25)6)17-21-9-7-8-10-21/h11-13,16,18-19,21H,7-10,14-15,17H2,1-6H3/q+1/i17D2. The first kappa shape index (κ1) is 20.5. The zero-order valence-electron chi connectivity index (χ0n) is 24.1. The maximum absolute atomic E-state index is 9.01. The largest absolute Gasteiger partial charge is 0.437 e. The molecule has 2 aliphatic carbocycles. The summed E-state index contributed by atoms with van der Waals surface area (Å²) in [6, 6.07) is 8.40. The van der Waals surface area contributed by atoms with Crippen LogP contribution in [0.2, 0.25) is 0 Å². The Morgan fingerprint density at radius 1 is 1.09 bits per heavy atom. The van der Waals surface area contributed by atoms with Crippen molar-refractivity contribution in [2.45, 2.75) is 90.3 Å². The van der Waals surface area contributed by atoms with Gasteiger partial charge in [-0.25, -0.2) is 9.55 Å². The second-order valence-corrected chi connectivity index (χ2v) is 12.3. The number of hydrogen-bond acceptors (Lipinski definition) is 2. The molecule has 3 aromatic heterocycles. The van der Waals surface area contributed by atoms with E-state index in [1.54, 1.807) is 0 Å². The Labute approximate surface area is 212 Å². The van der Waals surface area contributed by atoms with E-state index in [4.69, 9.17) is 12.1 Å². The highest BCUT2D eigenvalue weighted by molar-refractivity contribution is 6.11. The Hall–Kier alpha value is -2.68. The summed E-state index contributed by atoms with van der Waals surface area (Å²) in [5.41, 5.74) is 8.27. The molecule has 1 saturated carbocycles. The van der Waals surface area contributed by atoms with Crippen LogP contribution >= 0.6 is 0 Å². The van der Waals surface area contributed by atoms with E-state index < -0.39 is 6.37 Å². The Morgan fingerprint density at radius 3 is 2.60 bits per heavy atom. The van der Waals surface area contributed by atoms with Crippen molar-refractivity contribution in [2.24, 2.45) is 13.0 Å². The smallest absolute Gasteiger partial charge is 0.227 e. The SMILES string of the molecule is [2H]C([2H])(c1cc[n+](C)c(-c2c(C)ccc3c2oc2ncc4c(c23)C(C)(C)CCC4(C)C)c1)C1CCCC1. The molecule has 6 rings (SSSR count). The highest BCUT2D eigenvalue weighted by Gasteiger charge is 2.40. The van der Waals surface area contributed by atoms with Crippen molar-refractivity contribution in [3.63, 3.8) is 0 Å². The minimum Gasteiger partial charge on any atom is -0.437 e. The predicted octanol–water partition coefficient (Wildman–Crippen LogP) is 7.86. The van der Waals surface area contributed by atoms with Gasteiger partial charge >= 0.3 is 0 Å². The third kappa shape index (κ3) is 3.61. The molecule has 3 heterocycles. The number of rotatable bonds is 3. The highest BCUT2D eigenvalue weighted by Crippen LogP contribution is 2.50. The van der Waals surface area contributed by atoms with Crippen molar-refractivity contribution in [3.8, 4) is 11.3 Å². The number of hydrogen-bond donors (Lipinski definition) is 0. The van der Waals surface area contributed by atoms with E-state index in [1.807, 2.05) is 25.5 Å². The summed E-state index contributed by atoms with van der Waals surface area (Å²) < 4.78 is 26.7. The quantitative estimate of drug-likeness (QED) is 0.286. The first-order valence-corrected chi connectivity index (χ1v) is 13.3. The van der Waals surface area contributed by atoms with Gasteiger partial charge < -0.3 is 4.42 Å². The minimum absolute atomic E-state index is 0.0375. The molecule has 0 aliphatic heterocycles. The van der Waals surface area contributed by atoms with Crippen molar-refractivity contribution in [2.75, 3.05) is 0 Å². The predicted molar refractivity (Wildman–Crippen MR) is 144 cm³/mol. The number of furan rings is 1. The van der Waals surface area contributed by atoms with Gasteiger partial charge in [-0.05, 0) is 65.1 Å². The van der Waals surface area contributed by atoms with Crippen LogP contribution in [0.4, 0.5) is 0 Å². The molecule has 1 fully saturated rings. The molecule has 0 bridgehead atoms. The maximum atomic E-state index is 9.01. The molecule has 0 atom stereocenters. The van der Waals surface area contributed by atoms with Crippen LogP contribution in [0.25, 0.3) is 33.3 Å². The van der Waals surface area contributed by atoms with Crippen LogP contribution in [-0.4, -0.2) is 4.98 Å². The molecule has 2 aliphatic rings. The Kier molecular flexibility index (Phi) is 4.64. The van der Waals surface area contributed by atoms with Crippen molar-refractivity contribution in [1.29, 1.82) is 0 Å². The summed E-state index contributed by atoms with van der Waals surface area (Å²) >= 11 is 0. The molecule has 3 nitrogen and oxygen atoms in total. The summed E-state index contributed by atoms with van der Waals surface area (Å²) in [6.07, 6.45) is 9.16. The molecule has 182 valence electrons. The van der Waals surface area contributed by atoms with E-state index in [0.29, 0.717) is 5.71 Å². The normalized spacial score (nSPS) is 20.7. The third-order valence-electron chi connectivity index (χ3n) is 8.79. The summed E-state index contributed by atoms with van der Waals surface area (Å²) in [5, 5.41) is 2.25. The van der Waals surface area contributed by atoms with Gasteiger partial charge in [0.25, 0.3) is 0 Å². The fourth-order valence-electron chi connectivity index (χ4n) is 6.53. The molecule has 0 amide bonds. The maximum Gasteiger partial charge on any atom is 0.227 e. The molecule has 0 saturated heterocycles. The molecule has 35 heavy (non-hydrogen) atoms. The monoisotopic (exact) mass is 469 g/mol. The fourth-order valence-corrected chi connectivity index (χ4v) is 6.53. The average Bonchev–Trinajstić information content (AvgIpc) is 3.51. The van der Waals surface area contributed by atoms with Gasteiger partial charge in [-0.1, -0.05) is 65.5 Å². The lowest BCUT2D eigenvalue weighted by atomic mass is 9.63. The lowest BCUT2D eigenvalue weighted by Crippen LogP contribution is -2.34. The van der Waals surface area contributed by atoms with Gasteiger partial charge in [-0.3, -0.25) is 0 Å². The fraction of sp³-hybridized carbons (Fsp3) is 0.500. The average molecular weight is 470 g/mol. The summed E-state index contributed by atoms with van der Waals surface area (Å²) in [5.74, 6) is 0.0810. The first-order chi connectivity index (χ1) is 17.4. The topological polar surface area (TPSA) is 29.9 Å². The van der Waals surface area contributed by atoms with Gasteiger partial charge in [-0.2, -0.15) is 0 Å². The van der Waals surface area contributed by atoms with E-state index in [2.05, 4.69) is 57.4 Å². The van der Waals surface area contributed by atoms with E-state index in [1.165, 1.54) is 11.1 Å². The second kappa shape index (κ2) is 7.91. The van der Waals surface area contributed by atoms with Crippen molar-refractivity contribution in [3.05, 3.63) is 58.9 Å². The van der Waals surface area contributed by atoms with Gasteiger partial charge in [0.2, 0.25) is 11.4 Å². The second-order valence-electron chi connectivity index (χ2n) is 12.3. The molecule has 1 aromatic carbocycles. The lowest BCUT2D eigenvalue weighted by Gasteiger charge is -2.41. The minimum atomic E-state index is -1.34. The van der Waals surface area contributed by atoms with Crippen LogP contribution in [0.1, 0.15) is 91.2 Å². The van der Waals surface area contributed by atoms with Crippen LogP contribution < -0.4 is 4.57 Å². The van der Waals surface area contributed by atoms with E-state index in [9.17, 15) is 0 Å². The zero-order valence-corrected chi connectivity index (χ0v) is 22.1. The Bertz CT molecular complexity index is 1540. The number of aromatic nitrogens is 2. The molecule has 0 spiro atoms. The number of fused-ring (bicyclic) bond motifs is 5. The molecule has 0 N–H and O–H groups in total. The zero-order chi connectivity index (χ0) is 26.3. The van der Waals surface area contributed by atoms with Crippen molar-refractivity contribution >= 4 is 22.1 Å². The van der Waals surface area contributed by atoms with Gasteiger partial charge in [0.15, 0.2) is 11.8 Å². The summed E-state index contributed by atoms with van der Waals surface area (Å²) in [4.78, 5) is 4.86. The van der Waals surface area contributed by atoms with E-state index in [-0.39, 0.29) is 16.7 Å². The molecule has 0 radical (unpaired) electrons. The molecule has 4 aromatic rings. The van der Waals surface area contributed by atoms with Crippen molar-refractivity contribution < 1.29 is 11.7 Å². The van der Waals surface area contributed by atoms with Crippen LogP contribution in [0, 0.1) is 12.8 Å². The third-order valence-corrected chi connectivity index (χ3v) is 8.79. The highest BCUT2D eigenvalue weighted by atomic mass is 16.3. The van der Waals surface area contributed by atoms with Gasteiger partial charge in [0.05, 0.1) is 10.9 Å². The van der Waals surface area contributed by atoms with Crippen LogP contribution in [-0.2, 0) is 24.3 Å². The van der Waals surface area contributed by atoms with Gasteiger partial charge in [-0.15, -0.1) is 0 Å². The number of benzene rings is 1. The van der Waals surface area contributed by atoms with Gasteiger partial charge in [0, 0.05) is 26.5 Å². The van der Waals surface area contributed by atoms with E-state index >= 15 is 0 Å². The van der Waals surface area contributed by atoms with Crippen molar-refractivity contribution in [1.82, 2.24) is 4.98 Å². The Balaban J connectivity index is 1.62. The molecular weight excluding hydrogens is 428 g/mol. The number of nitrogens with zero attached hydrogens (tertiary/aromatic N) is 2. The lowest BCUT2D eigenvalue weighted by molar-refractivity contribution is -0.660. The molecule has 3 heteroatoms. The van der Waals surface area contributed by atoms with Crippen LogP contribution in [0.3, 0.4) is 0 Å². The van der Waals surface area contributed by atoms with Crippen LogP contribution in [0.5, 0.6) is 0 Å². The van der Waals surface area contributed by atoms with Gasteiger partial charge in [0.1, 0.15) is 7.05 Å². The van der Waals surface area contributed by atoms with Crippen LogP contribution in [0.15, 0.2) is 41.1 Å². The molecule has 0 unspecified atom stereocenters. The van der Waals surface area contributed by atoms with E-state index in [0.717, 1.165) is 77.3 Å².